The Hall–Kier alpha value is -2.22. The molecule has 0 aliphatic heterocycles. The number of benzene rings is 2. The van der Waals surface area contributed by atoms with Gasteiger partial charge in [-0.15, -0.1) is 0 Å². The minimum atomic E-state index is -4.84. The lowest BCUT2D eigenvalue weighted by Gasteiger charge is -2.13. The average Bonchev–Trinajstić information content (AvgIpc) is 2.56. The number of carbonyl (C=O) groups excluding carboxylic acids is 1. The summed E-state index contributed by atoms with van der Waals surface area (Å²) in [7, 11) is 0. The van der Waals surface area contributed by atoms with E-state index in [0.717, 1.165) is 12.1 Å². The van der Waals surface area contributed by atoms with Crippen molar-refractivity contribution < 1.29 is 27.9 Å². The number of amides is 1. The molecule has 148 valence electrons. The van der Waals surface area contributed by atoms with Crippen molar-refractivity contribution in [3.63, 3.8) is 0 Å². The van der Waals surface area contributed by atoms with Crippen LogP contribution in [0.1, 0.15) is 21.5 Å². The fraction of sp³-hybridized carbons (Fsp3) is 0.111. The van der Waals surface area contributed by atoms with E-state index in [9.17, 15) is 22.8 Å². The zero-order chi connectivity index (χ0) is 21.1. The van der Waals surface area contributed by atoms with Crippen LogP contribution < -0.4 is 5.32 Å². The molecule has 0 aromatic heterocycles. The van der Waals surface area contributed by atoms with E-state index < -0.39 is 23.6 Å². The largest absolute Gasteiger partial charge is 0.465 e. The Morgan fingerprint density at radius 1 is 1.00 bits per heavy atom. The molecule has 2 aromatic carbocycles. The molecule has 2 aromatic rings. The fourth-order valence-electron chi connectivity index (χ4n) is 2.29. The molecule has 0 atom stereocenters. The molecule has 0 radical (unpaired) electrons. The maximum absolute atomic E-state index is 13.5. The first-order valence-electron chi connectivity index (χ1n) is 7.52. The maximum Gasteiger partial charge on any atom is 0.417 e. The Morgan fingerprint density at radius 2 is 1.61 bits per heavy atom. The van der Waals surface area contributed by atoms with Crippen molar-refractivity contribution in [3.8, 4) is 0 Å². The molecule has 0 bridgehead atoms. The Kier molecular flexibility index (Phi) is 6.98. The van der Waals surface area contributed by atoms with Gasteiger partial charge in [0.05, 0.1) is 5.57 Å². The van der Waals surface area contributed by atoms with Crippen LogP contribution in [0.3, 0.4) is 0 Å². The lowest BCUT2D eigenvalue weighted by atomic mass is 10.0. The Bertz CT molecular complexity index is 939. The predicted molar refractivity (Wildman–Crippen MR) is 101 cm³/mol. The number of carboxylic acid groups (broad SMARTS) is 1. The number of hydrogen-bond donors (Lipinski definition) is 2. The van der Waals surface area contributed by atoms with Gasteiger partial charge in [0.1, 0.15) is 0 Å². The summed E-state index contributed by atoms with van der Waals surface area (Å²) in [5.41, 5.74) is -1.44. The van der Waals surface area contributed by atoms with Crippen molar-refractivity contribution in [2.75, 3.05) is 0 Å². The minimum absolute atomic E-state index is 0.0152. The number of halogens is 6. The van der Waals surface area contributed by atoms with E-state index >= 15 is 0 Å². The van der Waals surface area contributed by atoms with Gasteiger partial charge in [-0.1, -0.05) is 34.8 Å². The molecule has 0 saturated carbocycles. The molecule has 0 aliphatic rings. The van der Waals surface area contributed by atoms with Crippen LogP contribution in [0.5, 0.6) is 0 Å². The van der Waals surface area contributed by atoms with E-state index in [4.69, 9.17) is 39.9 Å². The second-order valence-corrected chi connectivity index (χ2v) is 6.82. The lowest BCUT2D eigenvalue weighted by Crippen LogP contribution is -2.20. The first kappa shape index (κ1) is 22.1. The van der Waals surface area contributed by atoms with E-state index in [2.05, 4.69) is 5.32 Å². The Morgan fingerprint density at radius 3 is 2.14 bits per heavy atom. The van der Waals surface area contributed by atoms with Gasteiger partial charge in [-0.25, -0.2) is 4.79 Å². The second-order valence-electron chi connectivity index (χ2n) is 5.54. The molecule has 28 heavy (non-hydrogen) atoms. The van der Waals surface area contributed by atoms with Gasteiger partial charge in [0.15, 0.2) is 5.78 Å². The zero-order valence-electron chi connectivity index (χ0n) is 13.8. The normalized spacial score (nSPS) is 12.0. The molecule has 4 nitrogen and oxygen atoms in total. The van der Waals surface area contributed by atoms with Crippen molar-refractivity contribution in [1.82, 2.24) is 5.32 Å². The Labute approximate surface area is 172 Å². The van der Waals surface area contributed by atoms with Crippen molar-refractivity contribution in [2.45, 2.75) is 12.7 Å². The van der Waals surface area contributed by atoms with E-state index in [1.807, 2.05) is 0 Å². The minimum Gasteiger partial charge on any atom is -0.465 e. The summed E-state index contributed by atoms with van der Waals surface area (Å²) in [5, 5.41) is 10.8. The third kappa shape index (κ3) is 5.89. The van der Waals surface area contributed by atoms with E-state index in [-0.39, 0.29) is 38.3 Å². The fourth-order valence-corrected chi connectivity index (χ4v) is 3.00. The second kappa shape index (κ2) is 8.86. The summed E-state index contributed by atoms with van der Waals surface area (Å²) >= 11 is 17.5. The van der Waals surface area contributed by atoms with Gasteiger partial charge >= 0.3 is 12.3 Å². The molecule has 0 heterocycles. The summed E-state index contributed by atoms with van der Waals surface area (Å²) in [5.74, 6) is -0.948. The van der Waals surface area contributed by atoms with Crippen LogP contribution in [0.25, 0.3) is 5.57 Å². The summed E-state index contributed by atoms with van der Waals surface area (Å²) in [6, 6.07) is 7.11. The topological polar surface area (TPSA) is 66.4 Å². The van der Waals surface area contributed by atoms with Gasteiger partial charge < -0.3 is 10.4 Å². The molecule has 10 heteroatoms. The van der Waals surface area contributed by atoms with Gasteiger partial charge in [-0.2, -0.15) is 13.2 Å². The molecular formula is C18H11Cl3F3NO3. The van der Waals surface area contributed by atoms with E-state index in [0.29, 0.717) is 6.08 Å². The van der Waals surface area contributed by atoms with E-state index in [1.165, 1.54) is 24.3 Å². The average molecular weight is 453 g/mol. The van der Waals surface area contributed by atoms with Crippen molar-refractivity contribution in [2.24, 2.45) is 0 Å². The highest BCUT2D eigenvalue weighted by Gasteiger charge is 2.35. The van der Waals surface area contributed by atoms with Crippen molar-refractivity contribution >= 4 is 52.3 Å². The number of rotatable bonds is 5. The van der Waals surface area contributed by atoms with Crippen molar-refractivity contribution in [3.05, 3.63) is 74.2 Å². The van der Waals surface area contributed by atoms with Gasteiger partial charge in [0.25, 0.3) is 0 Å². The molecule has 0 spiro atoms. The first-order valence-corrected chi connectivity index (χ1v) is 8.65. The Balaban J connectivity index is 2.46. The SMILES string of the molecule is O=C(O)NCc1cc(C(=O)C=C(c2cc(Cl)cc(Cl)c2)C(F)(F)F)ccc1Cl. The summed E-state index contributed by atoms with van der Waals surface area (Å²) in [4.78, 5) is 23.0. The number of carbonyl (C=O) groups is 2. The number of allylic oxidation sites excluding steroid dienone is 2. The highest BCUT2D eigenvalue weighted by atomic mass is 35.5. The molecule has 2 N–H and O–H groups in total. The highest BCUT2D eigenvalue weighted by Crippen LogP contribution is 2.36. The molecule has 0 fully saturated rings. The van der Waals surface area contributed by atoms with Crippen LogP contribution in [-0.2, 0) is 6.54 Å². The predicted octanol–water partition coefficient (Wildman–Crippen LogP) is 6.24. The lowest BCUT2D eigenvalue weighted by molar-refractivity contribution is -0.0689. The summed E-state index contributed by atoms with van der Waals surface area (Å²) in [6.07, 6.45) is -5.73. The molecule has 0 saturated heterocycles. The molecule has 1 amide bonds. The standard InChI is InChI=1S/C18H11Cl3F3NO3/c19-12-4-10(5-13(20)6-12)14(18(22,23)24)7-16(26)9-1-2-15(21)11(3-9)8-25-17(27)28/h1-7,25H,8H2,(H,27,28). The molecular weight excluding hydrogens is 442 g/mol. The monoisotopic (exact) mass is 451 g/mol. The maximum atomic E-state index is 13.5. The van der Waals surface area contributed by atoms with Crippen LogP contribution in [0.4, 0.5) is 18.0 Å². The van der Waals surface area contributed by atoms with Crippen LogP contribution in [0.2, 0.25) is 15.1 Å². The number of alkyl halides is 3. The quantitative estimate of drug-likeness (QED) is 0.417. The molecule has 0 unspecified atom stereocenters. The molecule has 2 rings (SSSR count). The zero-order valence-corrected chi connectivity index (χ0v) is 16.0. The smallest absolute Gasteiger partial charge is 0.417 e. The van der Waals surface area contributed by atoms with Gasteiger partial charge in [0.2, 0.25) is 0 Å². The first-order chi connectivity index (χ1) is 13.0. The van der Waals surface area contributed by atoms with E-state index in [1.54, 1.807) is 0 Å². The van der Waals surface area contributed by atoms with Gasteiger partial charge in [0, 0.05) is 27.2 Å². The van der Waals surface area contributed by atoms with Gasteiger partial charge in [-0.3, -0.25) is 4.79 Å². The van der Waals surface area contributed by atoms with Crippen LogP contribution in [0, 0.1) is 0 Å². The van der Waals surface area contributed by atoms with Crippen molar-refractivity contribution in [1.29, 1.82) is 0 Å². The van der Waals surface area contributed by atoms with Crippen LogP contribution in [0.15, 0.2) is 42.5 Å². The third-order valence-electron chi connectivity index (χ3n) is 3.51. The van der Waals surface area contributed by atoms with Crippen LogP contribution in [-0.4, -0.2) is 23.2 Å². The van der Waals surface area contributed by atoms with Gasteiger partial charge in [-0.05, 0) is 53.6 Å². The third-order valence-corrected chi connectivity index (χ3v) is 4.32. The summed E-state index contributed by atoms with van der Waals surface area (Å²) < 4.78 is 40.5. The summed E-state index contributed by atoms with van der Waals surface area (Å²) in [6.45, 7) is -0.213. The highest BCUT2D eigenvalue weighted by molar-refractivity contribution is 6.35. The number of nitrogens with one attached hydrogen (secondary N) is 1. The number of hydrogen-bond acceptors (Lipinski definition) is 2. The number of ketones is 1. The van der Waals surface area contributed by atoms with Crippen LogP contribution >= 0.6 is 34.8 Å². The molecule has 0 aliphatic carbocycles.